The molecular weight excluding hydrogens is 318 g/mol. The Morgan fingerprint density at radius 2 is 2.15 bits per heavy atom. The number of hydrogen-bond acceptors (Lipinski definition) is 3. The van der Waals surface area contributed by atoms with Crippen LogP contribution in [0.5, 0.6) is 0 Å². The highest BCUT2D eigenvalue weighted by atomic mass is 79.9. The van der Waals surface area contributed by atoms with Crippen LogP contribution in [0.15, 0.2) is 28.7 Å². The summed E-state index contributed by atoms with van der Waals surface area (Å²) in [5, 5.41) is 0. The second kappa shape index (κ2) is 8.10. The van der Waals surface area contributed by atoms with Crippen LogP contribution in [-0.2, 0) is 9.53 Å². The Labute approximate surface area is 129 Å². The van der Waals surface area contributed by atoms with Crippen molar-refractivity contribution < 1.29 is 9.53 Å². The summed E-state index contributed by atoms with van der Waals surface area (Å²) >= 11 is 3.47. The number of hydrogen-bond donors (Lipinski definition) is 0. The summed E-state index contributed by atoms with van der Waals surface area (Å²) in [6.07, 6.45) is 3.27. The lowest BCUT2D eigenvalue weighted by atomic mass is 10.1. The van der Waals surface area contributed by atoms with Gasteiger partial charge in [-0.1, -0.05) is 29.8 Å². The third-order valence-corrected chi connectivity index (χ3v) is 3.22. The quantitative estimate of drug-likeness (QED) is 0.576. The fourth-order valence-corrected chi connectivity index (χ4v) is 2.38. The monoisotopic (exact) mass is 339 g/mol. The molecule has 0 spiro atoms. The van der Waals surface area contributed by atoms with Gasteiger partial charge in [-0.25, -0.2) is 4.79 Å². The molecule has 0 saturated heterocycles. The van der Waals surface area contributed by atoms with Crippen molar-refractivity contribution in [3.63, 3.8) is 0 Å². The molecule has 0 heterocycles. The number of rotatable bonds is 6. The predicted octanol–water partition coefficient (Wildman–Crippen LogP) is 4.12. The van der Waals surface area contributed by atoms with Gasteiger partial charge in [0, 0.05) is 29.8 Å². The fraction of sp³-hybridized carbons (Fsp3) is 0.438. The van der Waals surface area contributed by atoms with Gasteiger partial charge in [0.05, 0.1) is 6.61 Å². The first kappa shape index (κ1) is 16.8. The summed E-state index contributed by atoms with van der Waals surface area (Å²) in [5.41, 5.74) is 2.10. The molecule has 0 N–H and O–H groups in total. The lowest BCUT2D eigenvalue weighted by Crippen LogP contribution is -2.23. The van der Waals surface area contributed by atoms with Gasteiger partial charge in [-0.15, -0.1) is 0 Å². The summed E-state index contributed by atoms with van der Waals surface area (Å²) in [5.74, 6) is 0.260. The average molecular weight is 340 g/mol. The Morgan fingerprint density at radius 1 is 1.45 bits per heavy atom. The SMILES string of the molecule is CCOC(=O)/C=C/c1cc(Br)ccc1N(C)CC(C)C. The molecule has 1 aromatic carbocycles. The zero-order chi connectivity index (χ0) is 15.1. The van der Waals surface area contributed by atoms with Gasteiger partial charge in [-0.3, -0.25) is 0 Å². The molecule has 1 rings (SSSR count). The second-order valence-corrected chi connectivity index (χ2v) is 5.98. The summed E-state index contributed by atoms with van der Waals surface area (Å²) in [7, 11) is 2.06. The van der Waals surface area contributed by atoms with Gasteiger partial charge in [0.2, 0.25) is 0 Å². The topological polar surface area (TPSA) is 29.5 Å². The first-order chi connectivity index (χ1) is 9.43. The van der Waals surface area contributed by atoms with Gasteiger partial charge in [0.15, 0.2) is 0 Å². The zero-order valence-electron chi connectivity index (χ0n) is 12.5. The normalized spacial score (nSPS) is 11.1. The molecule has 0 aromatic heterocycles. The maximum absolute atomic E-state index is 11.4. The highest BCUT2D eigenvalue weighted by Gasteiger charge is 2.08. The molecule has 0 fully saturated rings. The molecule has 3 nitrogen and oxygen atoms in total. The van der Waals surface area contributed by atoms with Crippen LogP contribution in [0.4, 0.5) is 5.69 Å². The number of halogens is 1. The van der Waals surface area contributed by atoms with E-state index in [0.29, 0.717) is 12.5 Å². The van der Waals surface area contributed by atoms with E-state index in [1.807, 2.05) is 12.1 Å². The molecule has 0 aliphatic rings. The van der Waals surface area contributed by atoms with E-state index in [4.69, 9.17) is 4.74 Å². The van der Waals surface area contributed by atoms with Crippen molar-refractivity contribution >= 4 is 33.7 Å². The molecule has 0 unspecified atom stereocenters. The van der Waals surface area contributed by atoms with Crippen molar-refractivity contribution in [3.05, 3.63) is 34.3 Å². The van der Waals surface area contributed by atoms with Gasteiger partial charge in [0.25, 0.3) is 0 Å². The molecule has 0 aliphatic heterocycles. The number of benzene rings is 1. The number of ether oxygens (including phenoxy) is 1. The van der Waals surface area contributed by atoms with E-state index in [2.05, 4.69) is 47.8 Å². The van der Waals surface area contributed by atoms with Crippen LogP contribution in [0.2, 0.25) is 0 Å². The van der Waals surface area contributed by atoms with E-state index >= 15 is 0 Å². The molecule has 4 heteroatoms. The molecule has 0 amide bonds. The predicted molar refractivity (Wildman–Crippen MR) is 87.9 cm³/mol. The zero-order valence-corrected chi connectivity index (χ0v) is 14.1. The Kier molecular flexibility index (Phi) is 6.79. The number of anilines is 1. The third kappa shape index (κ3) is 5.37. The molecule has 0 bridgehead atoms. The molecular formula is C16H22BrNO2. The number of nitrogens with zero attached hydrogens (tertiary/aromatic N) is 1. The van der Waals surface area contributed by atoms with Crippen LogP contribution in [0.3, 0.4) is 0 Å². The smallest absolute Gasteiger partial charge is 0.330 e. The summed E-state index contributed by atoms with van der Waals surface area (Å²) in [6.45, 7) is 7.52. The maximum atomic E-state index is 11.4. The molecule has 0 atom stereocenters. The highest BCUT2D eigenvalue weighted by Crippen LogP contribution is 2.25. The van der Waals surface area contributed by atoms with Crippen molar-refractivity contribution in [2.75, 3.05) is 25.1 Å². The second-order valence-electron chi connectivity index (χ2n) is 5.06. The fourth-order valence-electron chi connectivity index (χ4n) is 2.00. The van der Waals surface area contributed by atoms with Crippen molar-refractivity contribution in [2.24, 2.45) is 5.92 Å². The van der Waals surface area contributed by atoms with E-state index in [1.165, 1.54) is 6.08 Å². The average Bonchev–Trinajstić information content (AvgIpc) is 2.35. The lowest BCUT2D eigenvalue weighted by Gasteiger charge is -2.23. The molecule has 110 valence electrons. The first-order valence-corrected chi connectivity index (χ1v) is 7.58. The molecule has 1 aromatic rings. The molecule has 20 heavy (non-hydrogen) atoms. The van der Waals surface area contributed by atoms with E-state index in [9.17, 15) is 4.79 Å². The largest absolute Gasteiger partial charge is 0.463 e. The summed E-state index contributed by atoms with van der Waals surface area (Å²) in [6, 6.07) is 6.06. The van der Waals surface area contributed by atoms with Crippen LogP contribution in [0.25, 0.3) is 6.08 Å². The van der Waals surface area contributed by atoms with Crippen LogP contribution >= 0.6 is 15.9 Å². The number of carbonyl (C=O) groups is 1. The molecule has 0 aliphatic carbocycles. The minimum absolute atomic E-state index is 0.315. The van der Waals surface area contributed by atoms with Gasteiger partial charge in [0.1, 0.15) is 0 Å². The van der Waals surface area contributed by atoms with Crippen molar-refractivity contribution in [1.29, 1.82) is 0 Å². The van der Waals surface area contributed by atoms with Crippen molar-refractivity contribution in [2.45, 2.75) is 20.8 Å². The minimum Gasteiger partial charge on any atom is -0.463 e. The standard InChI is InChI=1S/C16H22BrNO2/c1-5-20-16(19)9-6-13-10-14(17)7-8-15(13)18(4)11-12(2)3/h6-10,12H,5,11H2,1-4H3/b9-6+. The van der Waals surface area contributed by atoms with E-state index < -0.39 is 0 Å². The van der Waals surface area contributed by atoms with E-state index in [-0.39, 0.29) is 5.97 Å². The van der Waals surface area contributed by atoms with Crippen LogP contribution in [0.1, 0.15) is 26.3 Å². The molecule has 0 radical (unpaired) electrons. The minimum atomic E-state index is -0.315. The first-order valence-electron chi connectivity index (χ1n) is 6.79. The maximum Gasteiger partial charge on any atom is 0.330 e. The van der Waals surface area contributed by atoms with Gasteiger partial charge >= 0.3 is 5.97 Å². The van der Waals surface area contributed by atoms with Crippen molar-refractivity contribution in [3.8, 4) is 0 Å². The Morgan fingerprint density at radius 3 is 2.75 bits per heavy atom. The van der Waals surface area contributed by atoms with Gasteiger partial charge < -0.3 is 9.64 Å². The van der Waals surface area contributed by atoms with Crippen LogP contribution in [0, 0.1) is 5.92 Å². The van der Waals surface area contributed by atoms with Crippen molar-refractivity contribution in [1.82, 2.24) is 0 Å². The summed E-state index contributed by atoms with van der Waals surface area (Å²) < 4.78 is 5.90. The van der Waals surface area contributed by atoms with E-state index in [1.54, 1.807) is 13.0 Å². The number of carbonyl (C=O) groups excluding carboxylic acids is 1. The highest BCUT2D eigenvalue weighted by molar-refractivity contribution is 9.10. The lowest BCUT2D eigenvalue weighted by molar-refractivity contribution is -0.137. The third-order valence-electron chi connectivity index (χ3n) is 2.73. The number of esters is 1. The van der Waals surface area contributed by atoms with Crippen LogP contribution < -0.4 is 4.90 Å². The Bertz CT molecular complexity index is 483. The van der Waals surface area contributed by atoms with E-state index in [0.717, 1.165) is 22.3 Å². The van der Waals surface area contributed by atoms with Gasteiger partial charge in [-0.05, 0) is 42.7 Å². The Hall–Kier alpha value is -1.29. The van der Waals surface area contributed by atoms with Crippen LogP contribution in [-0.4, -0.2) is 26.2 Å². The van der Waals surface area contributed by atoms with Gasteiger partial charge in [-0.2, -0.15) is 0 Å². The summed E-state index contributed by atoms with van der Waals surface area (Å²) in [4.78, 5) is 13.6. The molecule has 0 saturated carbocycles. The Balaban J connectivity index is 2.98.